The van der Waals surface area contributed by atoms with E-state index < -0.39 is 5.97 Å². The molecule has 2 rings (SSSR count). The number of rotatable bonds is 3. The maximum absolute atomic E-state index is 11.3. The zero-order valence-corrected chi connectivity index (χ0v) is 11.4. The van der Waals surface area contributed by atoms with Gasteiger partial charge in [-0.2, -0.15) is 11.8 Å². The predicted molar refractivity (Wildman–Crippen MR) is 69.7 cm³/mol. The molecular weight excluding hydrogens is 258 g/mol. The average Bonchev–Trinajstić information content (AvgIpc) is 2.64. The Hall–Kier alpha value is -0.740. The monoisotopic (exact) mass is 271 g/mol. The molecule has 0 spiro atoms. The number of carbonyl (C=O) groups is 1. The first-order valence-electron chi connectivity index (χ1n) is 5.51. The van der Waals surface area contributed by atoms with Gasteiger partial charge in [0, 0.05) is 17.1 Å². The van der Waals surface area contributed by atoms with Gasteiger partial charge in [0.25, 0.3) is 0 Å². The van der Waals surface area contributed by atoms with Crippen LogP contribution in [0.1, 0.15) is 41.2 Å². The van der Waals surface area contributed by atoms with Crippen molar-refractivity contribution in [2.24, 2.45) is 5.92 Å². The smallest absolute Gasteiger partial charge is 0.337 e. The number of thioether (sulfide) groups is 1. The first-order chi connectivity index (χ1) is 8.00. The quantitative estimate of drug-likeness (QED) is 0.916. The summed E-state index contributed by atoms with van der Waals surface area (Å²) in [4.78, 5) is 15.8. The van der Waals surface area contributed by atoms with Gasteiger partial charge in [0.05, 0.1) is 22.0 Å². The van der Waals surface area contributed by atoms with E-state index in [-0.39, 0.29) is 5.56 Å². The van der Waals surface area contributed by atoms with Gasteiger partial charge in [-0.3, -0.25) is 4.98 Å². The van der Waals surface area contributed by atoms with E-state index in [9.17, 15) is 9.90 Å². The molecule has 0 aliphatic carbocycles. The van der Waals surface area contributed by atoms with Gasteiger partial charge >= 0.3 is 5.97 Å². The first kappa shape index (κ1) is 12.7. The van der Waals surface area contributed by atoms with E-state index >= 15 is 0 Å². The fraction of sp³-hybridized carbons (Fsp3) is 0.500. The van der Waals surface area contributed by atoms with Gasteiger partial charge in [0.15, 0.2) is 0 Å². The molecule has 1 N–H and O–H groups in total. The number of aromatic nitrogens is 1. The van der Waals surface area contributed by atoms with Crippen molar-refractivity contribution in [2.45, 2.75) is 31.8 Å². The fourth-order valence-corrected chi connectivity index (χ4v) is 3.33. The fourth-order valence-electron chi connectivity index (χ4n) is 1.97. The van der Waals surface area contributed by atoms with Crippen molar-refractivity contribution in [2.75, 3.05) is 0 Å². The molecule has 0 bridgehead atoms. The highest BCUT2D eigenvalue weighted by Crippen LogP contribution is 2.36. The van der Waals surface area contributed by atoms with Crippen molar-refractivity contribution in [1.82, 2.24) is 4.98 Å². The zero-order chi connectivity index (χ0) is 12.6. The van der Waals surface area contributed by atoms with Crippen LogP contribution < -0.4 is 0 Å². The van der Waals surface area contributed by atoms with Gasteiger partial charge in [-0.15, -0.1) is 0 Å². The highest BCUT2D eigenvalue weighted by atomic mass is 35.5. The Balaban J connectivity index is 2.56. The Labute approximate surface area is 110 Å². The van der Waals surface area contributed by atoms with E-state index in [2.05, 4.69) is 18.8 Å². The van der Waals surface area contributed by atoms with E-state index in [0.29, 0.717) is 16.7 Å². The maximum Gasteiger partial charge on any atom is 0.337 e. The van der Waals surface area contributed by atoms with Crippen molar-refractivity contribution in [1.29, 1.82) is 0 Å². The summed E-state index contributed by atoms with van der Waals surface area (Å²) < 4.78 is 0. The van der Waals surface area contributed by atoms with Crippen molar-refractivity contribution in [3.05, 3.63) is 27.5 Å². The molecule has 0 unspecified atom stereocenters. The molecule has 92 valence electrons. The standard InChI is InChI=1S/C12H14ClNO2S/c1-6(2)3-8-11(13)10(12(15)16)7-4-17-5-9(7)14-8/h6H,3-5H2,1-2H3,(H,15,16). The summed E-state index contributed by atoms with van der Waals surface area (Å²) in [6.45, 7) is 4.14. The van der Waals surface area contributed by atoms with Crippen LogP contribution in [0.3, 0.4) is 0 Å². The van der Waals surface area contributed by atoms with Crippen LogP contribution in [-0.2, 0) is 17.9 Å². The second-order valence-corrected chi connectivity index (χ2v) is 5.93. The van der Waals surface area contributed by atoms with Crippen molar-refractivity contribution >= 4 is 29.3 Å². The Morgan fingerprint density at radius 2 is 2.24 bits per heavy atom. The lowest BCUT2D eigenvalue weighted by atomic mass is 10.0. The van der Waals surface area contributed by atoms with Gasteiger partial charge in [0.2, 0.25) is 0 Å². The van der Waals surface area contributed by atoms with Crippen molar-refractivity contribution < 1.29 is 9.90 Å². The molecule has 1 aliphatic heterocycles. The second-order valence-electron chi connectivity index (χ2n) is 4.57. The third-order valence-corrected chi connectivity index (χ3v) is 4.07. The SMILES string of the molecule is CC(C)Cc1nc2c(c(C(=O)O)c1Cl)CSC2. The molecule has 3 nitrogen and oxygen atoms in total. The molecular formula is C12H14ClNO2S. The Bertz CT molecular complexity index is 474. The van der Waals surface area contributed by atoms with Gasteiger partial charge in [-0.05, 0) is 12.3 Å². The molecule has 17 heavy (non-hydrogen) atoms. The van der Waals surface area contributed by atoms with Crippen LogP contribution in [0.4, 0.5) is 0 Å². The molecule has 0 saturated carbocycles. The number of carboxylic acid groups (broad SMARTS) is 1. The normalized spacial score (nSPS) is 14.1. The van der Waals surface area contributed by atoms with Crippen LogP contribution in [0.15, 0.2) is 0 Å². The van der Waals surface area contributed by atoms with Crippen LogP contribution in [-0.4, -0.2) is 16.1 Å². The van der Waals surface area contributed by atoms with E-state index in [1.807, 2.05) is 0 Å². The summed E-state index contributed by atoms with van der Waals surface area (Å²) >= 11 is 7.87. The van der Waals surface area contributed by atoms with Crippen LogP contribution in [0.2, 0.25) is 5.02 Å². The summed E-state index contributed by atoms with van der Waals surface area (Å²) in [6, 6.07) is 0. The van der Waals surface area contributed by atoms with Gasteiger partial charge in [-0.1, -0.05) is 25.4 Å². The number of nitrogens with zero attached hydrogens (tertiary/aromatic N) is 1. The minimum Gasteiger partial charge on any atom is -0.478 e. The highest BCUT2D eigenvalue weighted by Gasteiger charge is 2.26. The Morgan fingerprint density at radius 1 is 1.53 bits per heavy atom. The van der Waals surface area contributed by atoms with Gasteiger partial charge < -0.3 is 5.11 Å². The summed E-state index contributed by atoms with van der Waals surface area (Å²) in [5, 5.41) is 9.59. The average molecular weight is 272 g/mol. The maximum atomic E-state index is 11.3. The third-order valence-electron chi connectivity index (χ3n) is 2.69. The Kier molecular flexibility index (Phi) is 3.64. The molecule has 5 heteroatoms. The minimum atomic E-state index is -0.943. The van der Waals surface area contributed by atoms with Crippen LogP contribution >= 0.6 is 23.4 Å². The number of carboxylic acids is 1. The highest BCUT2D eigenvalue weighted by molar-refractivity contribution is 7.98. The number of aromatic carboxylic acids is 1. The largest absolute Gasteiger partial charge is 0.478 e. The summed E-state index contributed by atoms with van der Waals surface area (Å²) in [6.07, 6.45) is 0.719. The molecule has 1 aromatic heterocycles. The van der Waals surface area contributed by atoms with Crippen LogP contribution in [0, 0.1) is 5.92 Å². The van der Waals surface area contributed by atoms with E-state index in [1.165, 1.54) is 0 Å². The second kappa shape index (κ2) is 4.86. The van der Waals surface area contributed by atoms with E-state index in [4.69, 9.17) is 11.6 Å². The summed E-state index contributed by atoms with van der Waals surface area (Å²) in [7, 11) is 0. The van der Waals surface area contributed by atoms with Crippen molar-refractivity contribution in [3.8, 4) is 0 Å². The molecule has 1 aliphatic rings. The molecule has 0 saturated heterocycles. The lowest BCUT2D eigenvalue weighted by molar-refractivity contribution is 0.0696. The van der Waals surface area contributed by atoms with Crippen LogP contribution in [0.25, 0.3) is 0 Å². The molecule has 0 fully saturated rings. The third kappa shape index (κ3) is 2.43. The zero-order valence-electron chi connectivity index (χ0n) is 9.79. The molecule has 1 aromatic rings. The number of hydrogen-bond donors (Lipinski definition) is 1. The number of fused-ring (bicyclic) bond motifs is 1. The van der Waals surface area contributed by atoms with E-state index in [1.54, 1.807) is 11.8 Å². The lowest BCUT2D eigenvalue weighted by Gasteiger charge is -2.12. The summed E-state index contributed by atoms with van der Waals surface area (Å²) in [5.41, 5.74) is 2.69. The molecule has 0 atom stereocenters. The number of pyridine rings is 1. The molecule has 0 amide bonds. The van der Waals surface area contributed by atoms with E-state index in [0.717, 1.165) is 29.1 Å². The molecule has 0 radical (unpaired) electrons. The summed E-state index contributed by atoms with van der Waals surface area (Å²) in [5.74, 6) is 0.957. The minimum absolute atomic E-state index is 0.261. The lowest BCUT2D eigenvalue weighted by Crippen LogP contribution is -2.10. The number of hydrogen-bond acceptors (Lipinski definition) is 3. The van der Waals surface area contributed by atoms with Gasteiger partial charge in [-0.25, -0.2) is 4.79 Å². The van der Waals surface area contributed by atoms with Crippen LogP contribution in [0.5, 0.6) is 0 Å². The topological polar surface area (TPSA) is 50.2 Å². The number of halogens is 1. The van der Waals surface area contributed by atoms with Gasteiger partial charge in [0.1, 0.15) is 0 Å². The first-order valence-corrected chi connectivity index (χ1v) is 7.05. The molecule has 0 aromatic carbocycles. The predicted octanol–water partition coefficient (Wildman–Crippen LogP) is 3.38. The Morgan fingerprint density at radius 3 is 2.82 bits per heavy atom. The van der Waals surface area contributed by atoms with Crippen molar-refractivity contribution in [3.63, 3.8) is 0 Å². The molecule has 2 heterocycles.